The highest BCUT2D eigenvalue weighted by Crippen LogP contribution is 2.37. The number of hydrogen-bond acceptors (Lipinski definition) is 5. The molecule has 1 N–H and O–H groups in total. The van der Waals surface area contributed by atoms with Crippen molar-refractivity contribution in [1.29, 1.82) is 0 Å². The minimum atomic E-state index is -0.215. The van der Waals surface area contributed by atoms with Crippen molar-refractivity contribution in [2.45, 2.75) is 51.5 Å². The van der Waals surface area contributed by atoms with E-state index in [0.29, 0.717) is 24.0 Å². The topological polar surface area (TPSA) is 85.1 Å². The highest BCUT2D eigenvalue weighted by Gasteiger charge is 2.26. The predicted molar refractivity (Wildman–Crippen MR) is 130 cm³/mol. The van der Waals surface area contributed by atoms with E-state index in [-0.39, 0.29) is 11.3 Å². The van der Waals surface area contributed by atoms with Crippen molar-refractivity contribution in [2.24, 2.45) is 4.99 Å². The standard InChI is InChI=1S/C26H28N6O/c1-26(2,3)23-10-7-19(15-28-23)17-11-12-27-22(14-17)25(33)30-20-6-4-5-18(13-20)24-31-29-16-32(24)21-8-9-21/h4-7,10,13-16,21H,8-9,11-12H2,1-3H3,(H,30,33). The summed E-state index contributed by atoms with van der Waals surface area (Å²) in [7, 11) is 0. The number of nitrogens with zero attached hydrogens (tertiary/aromatic N) is 5. The molecule has 1 aliphatic carbocycles. The van der Waals surface area contributed by atoms with Crippen LogP contribution < -0.4 is 5.32 Å². The number of carbonyl (C=O) groups is 1. The van der Waals surface area contributed by atoms with E-state index < -0.39 is 0 Å². The monoisotopic (exact) mass is 440 g/mol. The number of hydrogen-bond donors (Lipinski definition) is 1. The molecular formula is C26H28N6O. The molecule has 2 aliphatic rings. The molecule has 0 bridgehead atoms. The lowest BCUT2D eigenvalue weighted by Gasteiger charge is -2.19. The number of carbonyl (C=O) groups excluding carboxylic acids is 1. The summed E-state index contributed by atoms with van der Waals surface area (Å²) < 4.78 is 2.11. The molecular weight excluding hydrogens is 412 g/mol. The third-order valence-electron chi connectivity index (χ3n) is 6.00. The van der Waals surface area contributed by atoms with Crippen LogP contribution in [0.1, 0.15) is 57.3 Å². The molecule has 7 nitrogen and oxygen atoms in total. The molecule has 1 saturated carbocycles. The van der Waals surface area contributed by atoms with E-state index in [1.54, 1.807) is 6.33 Å². The summed E-state index contributed by atoms with van der Waals surface area (Å²) in [6.07, 6.45) is 8.66. The summed E-state index contributed by atoms with van der Waals surface area (Å²) in [6.45, 7) is 7.03. The average molecular weight is 441 g/mol. The molecule has 3 heterocycles. The van der Waals surface area contributed by atoms with Crippen molar-refractivity contribution in [3.8, 4) is 11.4 Å². The van der Waals surface area contributed by atoms with Crippen molar-refractivity contribution in [1.82, 2.24) is 19.7 Å². The Morgan fingerprint density at radius 2 is 1.97 bits per heavy atom. The first-order valence-electron chi connectivity index (χ1n) is 11.4. The van der Waals surface area contributed by atoms with Gasteiger partial charge in [0.1, 0.15) is 12.0 Å². The lowest BCUT2D eigenvalue weighted by molar-refractivity contribution is -0.110. The number of dihydropyridines is 1. The Balaban J connectivity index is 1.32. The molecule has 1 aliphatic heterocycles. The molecule has 3 aromatic rings. The maximum atomic E-state index is 13.0. The first-order valence-corrected chi connectivity index (χ1v) is 11.4. The fourth-order valence-corrected chi connectivity index (χ4v) is 3.97. The van der Waals surface area contributed by atoms with Gasteiger partial charge in [-0.2, -0.15) is 0 Å². The van der Waals surface area contributed by atoms with Gasteiger partial charge in [-0.1, -0.05) is 39.0 Å². The summed E-state index contributed by atoms with van der Waals surface area (Å²) in [6, 6.07) is 12.4. The van der Waals surface area contributed by atoms with Crippen LogP contribution in [0.2, 0.25) is 0 Å². The molecule has 0 spiro atoms. The second-order valence-corrected chi connectivity index (χ2v) is 9.70. The Labute approximate surface area is 193 Å². The van der Waals surface area contributed by atoms with Gasteiger partial charge in [0.05, 0.1) is 0 Å². The maximum absolute atomic E-state index is 13.0. The predicted octanol–water partition coefficient (Wildman–Crippen LogP) is 4.84. The van der Waals surface area contributed by atoms with Gasteiger partial charge in [-0.3, -0.25) is 14.8 Å². The van der Waals surface area contributed by atoms with Crippen molar-refractivity contribution < 1.29 is 4.79 Å². The summed E-state index contributed by atoms with van der Waals surface area (Å²) in [5.74, 6) is 0.615. The number of amides is 1. The van der Waals surface area contributed by atoms with E-state index in [4.69, 9.17) is 0 Å². The molecule has 0 radical (unpaired) electrons. The molecule has 1 fully saturated rings. The molecule has 1 aromatic carbocycles. The van der Waals surface area contributed by atoms with Crippen LogP contribution >= 0.6 is 0 Å². The lowest BCUT2D eigenvalue weighted by Crippen LogP contribution is -2.23. The largest absolute Gasteiger partial charge is 0.321 e. The average Bonchev–Trinajstić information content (AvgIpc) is 3.55. The fourth-order valence-electron chi connectivity index (χ4n) is 3.97. The Kier molecular flexibility index (Phi) is 5.40. The summed E-state index contributed by atoms with van der Waals surface area (Å²) >= 11 is 0. The zero-order valence-corrected chi connectivity index (χ0v) is 19.2. The second-order valence-electron chi connectivity index (χ2n) is 9.70. The fraction of sp³-hybridized carbons (Fsp3) is 0.346. The number of pyridine rings is 1. The van der Waals surface area contributed by atoms with Gasteiger partial charge in [0.2, 0.25) is 0 Å². The molecule has 0 saturated heterocycles. The van der Waals surface area contributed by atoms with Gasteiger partial charge in [0.25, 0.3) is 5.91 Å². The molecule has 168 valence electrons. The van der Waals surface area contributed by atoms with Crippen LogP contribution in [0.3, 0.4) is 0 Å². The van der Waals surface area contributed by atoms with Gasteiger partial charge >= 0.3 is 0 Å². The van der Waals surface area contributed by atoms with Crippen LogP contribution in [0.4, 0.5) is 5.69 Å². The molecule has 2 aromatic heterocycles. The first kappa shape index (κ1) is 21.2. The van der Waals surface area contributed by atoms with Crippen LogP contribution in [0, 0.1) is 0 Å². The summed E-state index contributed by atoms with van der Waals surface area (Å²) in [4.78, 5) is 22.1. The van der Waals surface area contributed by atoms with Gasteiger partial charge in [-0.15, -0.1) is 10.2 Å². The van der Waals surface area contributed by atoms with Crippen LogP contribution in [-0.4, -0.2) is 37.9 Å². The van der Waals surface area contributed by atoms with E-state index in [2.05, 4.69) is 63.0 Å². The zero-order chi connectivity index (χ0) is 23.0. The van der Waals surface area contributed by atoms with Crippen LogP contribution in [0.25, 0.3) is 17.0 Å². The molecule has 7 heteroatoms. The molecule has 0 unspecified atom stereocenters. The third kappa shape index (κ3) is 4.62. The van der Waals surface area contributed by atoms with Gasteiger partial charge in [0.15, 0.2) is 5.82 Å². The van der Waals surface area contributed by atoms with Crippen molar-refractivity contribution in [2.75, 3.05) is 11.9 Å². The number of aromatic nitrogens is 4. The van der Waals surface area contributed by atoms with E-state index >= 15 is 0 Å². The smallest absolute Gasteiger partial charge is 0.273 e. The minimum Gasteiger partial charge on any atom is -0.321 e. The van der Waals surface area contributed by atoms with Gasteiger partial charge in [-0.05, 0) is 54.7 Å². The number of rotatable bonds is 5. The van der Waals surface area contributed by atoms with E-state index in [1.807, 2.05) is 36.5 Å². The zero-order valence-electron chi connectivity index (χ0n) is 19.2. The van der Waals surface area contributed by atoms with Crippen LogP contribution in [0.15, 0.2) is 60.0 Å². The van der Waals surface area contributed by atoms with Crippen LogP contribution in [0.5, 0.6) is 0 Å². The van der Waals surface area contributed by atoms with E-state index in [0.717, 1.165) is 47.5 Å². The van der Waals surface area contributed by atoms with Crippen molar-refractivity contribution in [3.63, 3.8) is 0 Å². The second kappa shape index (κ2) is 8.39. The number of benzene rings is 1. The molecule has 0 atom stereocenters. The minimum absolute atomic E-state index is 0.00634. The van der Waals surface area contributed by atoms with Gasteiger partial charge < -0.3 is 9.88 Å². The Bertz CT molecular complexity index is 1240. The van der Waals surface area contributed by atoms with Crippen molar-refractivity contribution >= 4 is 22.9 Å². The van der Waals surface area contributed by atoms with Crippen molar-refractivity contribution in [3.05, 3.63) is 66.3 Å². The van der Waals surface area contributed by atoms with Crippen LogP contribution in [-0.2, 0) is 10.2 Å². The quantitative estimate of drug-likeness (QED) is 0.615. The van der Waals surface area contributed by atoms with E-state index in [1.165, 1.54) is 0 Å². The summed E-state index contributed by atoms with van der Waals surface area (Å²) in [5, 5.41) is 11.3. The Hall–Kier alpha value is -3.61. The SMILES string of the molecule is CC(C)(C)c1ccc(C2=CC(C(=O)Nc3cccc(-c4nncn4C4CC4)c3)=NCC2)cn1. The summed E-state index contributed by atoms with van der Waals surface area (Å²) in [5.41, 5.74) is 5.24. The van der Waals surface area contributed by atoms with Gasteiger partial charge in [0, 0.05) is 41.1 Å². The van der Waals surface area contributed by atoms with E-state index in [9.17, 15) is 4.79 Å². The highest BCUT2D eigenvalue weighted by molar-refractivity contribution is 6.48. The molecule has 1 amide bonds. The first-order chi connectivity index (χ1) is 15.9. The maximum Gasteiger partial charge on any atom is 0.273 e. The number of anilines is 1. The number of nitrogens with one attached hydrogen (secondary N) is 1. The highest BCUT2D eigenvalue weighted by atomic mass is 16.1. The third-order valence-corrected chi connectivity index (χ3v) is 6.00. The molecule has 5 rings (SSSR count). The lowest BCUT2D eigenvalue weighted by atomic mass is 9.90. The normalized spacial score (nSPS) is 16.2. The molecule has 33 heavy (non-hydrogen) atoms. The Morgan fingerprint density at radius 3 is 2.70 bits per heavy atom. The van der Waals surface area contributed by atoms with Gasteiger partial charge in [-0.25, -0.2) is 0 Å². The Morgan fingerprint density at radius 1 is 1.12 bits per heavy atom. The number of aliphatic imine (C=N–C) groups is 1.